The maximum Gasteiger partial charge on any atom is 0.325 e. The highest BCUT2D eigenvalue weighted by Crippen LogP contribution is 2.31. The minimum atomic E-state index is -0.807. The predicted molar refractivity (Wildman–Crippen MR) is 136 cm³/mol. The second-order valence-corrected chi connectivity index (χ2v) is 8.42. The van der Waals surface area contributed by atoms with Crippen LogP contribution in [-0.2, 0) is 11.2 Å². The molecule has 0 amide bonds. The quantitative estimate of drug-likeness (QED) is 0.398. The second-order valence-electron chi connectivity index (χ2n) is 8.42. The Morgan fingerprint density at radius 3 is 2.52 bits per heavy atom. The van der Waals surface area contributed by atoms with Crippen molar-refractivity contribution in [3.8, 4) is 0 Å². The van der Waals surface area contributed by atoms with Crippen LogP contribution in [0.2, 0.25) is 0 Å². The van der Waals surface area contributed by atoms with Gasteiger partial charge < -0.3 is 20.7 Å². The molecule has 1 fully saturated rings. The minimum Gasteiger partial charge on any atom is -0.480 e. The second kappa shape index (κ2) is 9.83. The average Bonchev–Trinajstić information content (AvgIpc) is 3.22. The van der Waals surface area contributed by atoms with Crippen LogP contribution in [0.4, 0.5) is 5.69 Å². The summed E-state index contributed by atoms with van der Waals surface area (Å²) in [5.74, 6) is -0.807. The van der Waals surface area contributed by atoms with Gasteiger partial charge in [-0.2, -0.15) is 0 Å². The number of rotatable bonds is 6. The predicted octanol–water partition coefficient (Wildman–Crippen LogP) is 4.19. The monoisotopic (exact) mass is 464 g/mol. The van der Waals surface area contributed by atoms with E-state index in [1.54, 1.807) is 0 Å². The zero-order valence-corrected chi connectivity index (χ0v) is 19.2. The minimum absolute atomic E-state index is 0. The number of hydrogen-bond donors (Lipinski definition) is 3. The Balaban J connectivity index is 0.00000259. The van der Waals surface area contributed by atoms with Crippen molar-refractivity contribution in [3.63, 3.8) is 0 Å². The zero-order chi connectivity index (χ0) is 22.1. The van der Waals surface area contributed by atoms with Crippen molar-refractivity contribution in [1.29, 1.82) is 0 Å². The van der Waals surface area contributed by atoms with Crippen molar-refractivity contribution in [2.75, 3.05) is 37.6 Å². The van der Waals surface area contributed by atoms with E-state index >= 15 is 0 Å². The van der Waals surface area contributed by atoms with E-state index < -0.39 is 12.0 Å². The first kappa shape index (κ1) is 23.1. The summed E-state index contributed by atoms with van der Waals surface area (Å²) in [7, 11) is 0. The molecule has 1 aliphatic rings. The first-order valence-corrected chi connectivity index (χ1v) is 11.2. The summed E-state index contributed by atoms with van der Waals surface area (Å²) >= 11 is 0. The van der Waals surface area contributed by atoms with Gasteiger partial charge in [-0.3, -0.25) is 9.69 Å². The van der Waals surface area contributed by atoms with Gasteiger partial charge in [-0.05, 0) is 47.7 Å². The zero-order valence-electron chi connectivity index (χ0n) is 18.4. The summed E-state index contributed by atoms with van der Waals surface area (Å²) in [4.78, 5) is 20.0. The first-order valence-electron chi connectivity index (χ1n) is 11.2. The van der Waals surface area contributed by atoms with Gasteiger partial charge in [0.25, 0.3) is 0 Å². The van der Waals surface area contributed by atoms with Crippen molar-refractivity contribution < 1.29 is 9.90 Å². The molecular weight excluding hydrogens is 436 g/mol. The molecule has 1 atom stereocenters. The van der Waals surface area contributed by atoms with Crippen molar-refractivity contribution in [2.45, 2.75) is 12.5 Å². The third kappa shape index (κ3) is 4.42. The molecule has 6 nitrogen and oxygen atoms in total. The number of nitrogens with two attached hydrogens (primary N) is 1. The van der Waals surface area contributed by atoms with E-state index in [1.165, 1.54) is 16.5 Å². The molecule has 4 N–H and O–H groups in total. The number of aromatic nitrogens is 1. The lowest BCUT2D eigenvalue weighted by Gasteiger charge is -2.39. The fraction of sp³-hybridized carbons (Fsp3) is 0.269. The first-order chi connectivity index (χ1) is 15.7. The molecule has 4 aromatic rings. The third-order valence-electron chi connectivity index (χ3n) is 6.54. The molecule has 0 aliphatic carbocycles. The van der Waals surface area contributed by atoms with Crippen LogP contribution in [0, 0.1) is 0 Å². The van der Waals surface area contributed by atoms with E-state index in [1.807, 2.05) is 24.4 Å². The number of aromatic amines is 1. The number of carboxylic acid groups (broad SMARTS) is 1. The fourth-order valence-electron chi connectivity index (χ4n) is 4.94. The van der Waals surface area contributed by atoms with Gasteiger partial charge >= 0.3 is 5.97 Å². The topological polar surface area (TPSA) is 85.6 Å². The Hall–Kier alpha value is -3.06. The molecule has 0 radical (unpaired) electrons. The summed E-state index contributed by atoms with van der Waals surface area (Å²) in [6.07, 6.45) is 2.74. The number of carboxylic acids is 1. The van der Waals surface area contributed by atoms with E-state index in [4.69, 9.17) is 5.73 Å². The van der Waals surface area contributed by atoms with Gasteiger partial charge in [0.05, 0.1) is 0 Å². The lowest BCUT2D eigenvalue weighted by Crippen LogP contribution is -2.49. The smallest absolute Gasteiger partial charge is 0.325 e. The van der Waals surface area contributed by atoms with Crippen LogP contribution in [0.5, 0.6) is 0 Å². The standard InChI is InChI=1S/C26H28N4O2.ClH/c27-11-10-20-17-28-23-9-8-19(16-22(20)23)25(26(31)32)30-14-12-29(13-15-30)24-7-3-5-18-4-1-2-6-21(18)24;/h1-9,16-17,25,28H,10-15,27H2,(H,31,32);1H. The number of H-pyrrole nitrogens is 1. The van der Waals surface area contributed by atoms with Crippen molar-refractivity contribution >= 4 is 45.7 Å². The van der Waals surface area contributed by atoms with Crippen molar-refractivity contribution in [2.24, 2.45) is 5.73 Å². The number of carbonyl (C=O) groups is 1. The number of hydrogen-bond acceptors (Lipinski definition) is 4. The van der Waals surface area contributed by atoms with Crippen LogP contribution in [0.25, 0.3) is 21.7 Å². The van der Waals surface area contributed by atoms with Gasteiger partial charge in [0.1, 0.15) is 6.04 Å². The molecule has 172 valence electrons. The molecule has 1 aromatic heterocycles. The molecule has 7 heteroatoms. The van der Waals surface area contributed by atoms with E-state index in [0.717, 1.165) is 41.5 Å². The maximum atomic E-state index is 12.3. The largest absolute Gasteiger partial charge is 0.480 e. The Morgan fingerprint density at radius 2 is 1.76 bits per heavy atom. The maximum absolute atomic E-state index is 12.3. The van der Waals surface area contributed by atoms with Crippen LogP contribution in [0.3, 0.4) is 0 Å². The molecule has 1 saturated heterocycles. The Labute approximate surface area is 199 Å². The number of nitrogens with zero attached hydrogens (tertiary/aromatic N) is 2. The average molecular weight is 465 g/mol. The number of anilines is 1. The Kier molecular flexibility index (Phi) is 6.88. The molecule has 33 heavy (non-hydrogen) atoms. The lowest BCUT2D eigenvalue weighted by atomic mass is 10.00. The summed E-state index contributed by atoms with van der Waals surface area (Å²) in [6, 6.07) is 20.1. The third-order valence-corrected chi connectivity index (χ3v) is 6.54. The van der Waals surface area contributed by atoms with Gasteiger partial charge in [-0.15, -0.1) is 12.4 Å². The molecule has 0 bridgehead atoms. The van der Waals surface area contributed by atoms with E-state index in [2.05, 4.69) is 57.2 Å². The lowest BCUT2D eigenvalue weighted by molar-refractivity contribution is -0.143. The normalized spacial score (nSPS) is 15.5. The van der Waals surface area contributed by atoms with Crippen LogP contribution < -0.4 is 10.6 Å². The van der Waals surface area contributed by atoms with E-state index in [9.17, 15) is 9.90 Å². The Bertz CT molecular complexity index is 1260. The van der Waals surface area contributed by atoms with Gasteiger partial charge in [-0.1, -0.05) is 42.5 Å². The SMILES string of the molecule is Cl.NCCc1c[nH]c2ccc(C(C(=O)O)N3CCN(c4cccc5ccccc45)CC3)cc12. The summed E-state index contributed by atoms with van der Waals surface area (Å²) in [5.41, 5.74) is 9.94. The highest BCUT2D eigenvalue weighted by atomic mass is 35.5. The van der Waals surface area contributed by atoms with E-state index in [-0.39, 0.29) is 12.4 Å². The highest BCUT2D eigenvalue weighted by Gasteiger charge is 2.31. The van der Waals surface area contributed by atoms with Crippen LogP contribution in [0.15, 0.2) is 66.9 Å². The number of aliphatic carboxylic acids is 1. The van der Waals surface area contributed by atoms with Gasteiger partial charge in [0, 0.05) is 54.4 Å². The van der Waals surface area contributed by atoms with Gasteiger partial charge in [-0.25, -0.2) is 0 Å². The molecule has 2 heterocycles. The molecule has 3 aromatic carbocycles. The summed E-state index contributed by atoms with van der Waals surface area (Å²) in [6.45, 7) is 3.54. The molecule has 1 unspecified atom stereocenters. The van der Waals surface area contributed by atoms with E-state index in [0.29, 0.717) is 19.6 Å². The molecule has 1 aliphatic heterocycles. The number of benzene rings is 3. The highest BCUT2D eigenvalue weighted by molar-refractivity contribution is 5.94. The van der Waals surface area contributed by atoms with Crippen LogP contribution >= 0.6 is 12.4 Å². The van der Waals surface area contributed by atoms with Gasteiger partial charge in [0.2, 0.25) is 0 Å². The van der Waals surface area contributed by atoms with Crippen LogP contribution in [-0.4, -0.2) is 53.7 Å². The number of halogens is 1. The number of fused-ring (bicyclic) bond motifs is 2. The Morgan fingerprint density at radius 1 is 1.00 bits per heavy atom. The fourth-order valence-corrected chi connectivity index (χ4v) is 4.94. The molecular formula is C26H29ClN4O2. The number of nitrogens with one attached hydrogen (secondary N) is 1. The summed E-state index contributed by atoms with van der Waals surface area (Å²) in [5, 5.41) is 13.6. The van der Waals surface area contributed by atoms with Crippen molar-refractivity contribution in [3.05, 3.63) is 78.0 Å². The van der Waals surface area contributed by atoms with Gasteiger partial charge in [0.15, 0.2) is 0 Å². The molecule has 5 rings (SSSR count). The summed E-state index contributed by atoms with van der Waals surface area (Å²) < 4.78 is 0. The van der Waals surface area contributed by atoms with Crippen molar-refractivity contribution in [1.82, 2.24) is 9.88 Å². The van der Waals surface area contributed by atoms with Crippen LogP contribution in [0.1, 0.15) is 17.2 Å². The molecule has 0 saturated carbocycles. The number of piperazine rings is 1. The molecule has 0 spiro atoms.